The number of benzene rings is 2. The van der Waals surface area contributed by atoms with Crippen molar-refractivity contribution in [3.63, 3.8) is 0 Å². The van der Waals surface area contributed by atoms with Crippen molar-refractivity contribution in [3.8, 4) is 12.1 Å². The molecule has 0 aliphatic rings. The van der Waals surface area contributed by atoms with Crippen LogP contribution in [0.1, 0.15) is 13.8 Å². The van der Waals surface area contributed by atoms with Crippen LogP contribution in [0.5, 0.6) is 0 Å². The van der Waals surface area contributed by atoms with Gasteiger partial charge in [0, 0.05) is 13.8 Å². The van der Waals surface area contributed by atoms with Gasteiger partial charge in [-0.3, -0.25) is 0 Å². The maximum atomic E-state index is 7.32. The topological polar surface area (TPSA) is 47.6 Å². The molecule has 0 amide bonds. The number of hydrogen-bond donors (Lipinski definition) is 0. The molecule has 0 aliphatic carbocycles. The van der Waals surface area contributed by atoms with Crippen molar-refractivity contribution in [2.24, 2.45) is 0 Å². The first kappa shape index (κ1) is 17.8. The number of rotatable bonds is 0. The van der Waals surface area contributed by atoms with Crippen molar-refractivity contribution in [3.05, 3.63) is 72.8 Å². The molecule has 0 saturated heterocycles. The Morgan fingerprint density at radius 1 is 0.444 bits per heavy atom. The highest BCUT2D eigenvalue weighted by atomic mass is 14.2. The summed E-state index contributed by atoms with van der Waals surface area (Å²) in [6, 6.07) is 27.5. The summed E-state index contributed by atoms with van der Waals surface area (Å²) in [5, 5.41) is 14.6. The molecule has 0 unspecified atom stereocenters. The van der Waals surface area contributed by atoms with Gasteiger partial charge in [-0.25, -0.2) is 0 Å². The molecule has 0 fully saturated rings. The Labute approximate surface area is 110 Å². The molecule has 0 spiro atoms. The summed E-state index contributed by atoms with van der Waals surface area (Å²) < 4.78 is 0. The van der Waals surface area contributed by atoms with E-state index in [1.54, 1.807) is 12.1 Å². The summed E-state index contributed by atoms with van der Waals surface area (Å²) in [6.07, 6.45) is 0. The molecular weight excluding hydrogens is 220 g/mol. The lowest BCUT2D eigenvalue weighted by Gasteiger charge is -1.69. The van der Waals surface area contributed by atoms with E-state index in [4.69, 9.17) is 10.5 Å². The van der Waals surface area contributed by atoms with Crippen LogP contribution in [0.25, 0.3) is 0 Å². The Bertz CT molecular complexity index is 313. The van der Waals surface area contributed by atoms with E-state index < -0.39 is 0 Å². The monoisotopic (exact) mass is 238 g/mol. The highest BCUT2D eigenvalue weighted by Crippen LogP contribution is 1.80. The average molecular weight is 238 g/mol. The second-order valence-electron chi connectivity index (χ2n) is 2.76. The third-order valence-electron chi connectivity index (χ3n) is 1.33. The first-order valence-electron chi connectivity index (χ1n) is 5.45. The minimum atomic E-state index is 1.43. The fraction of sp³-hybridized carbons (Fsp3) is 0.125. The zero-order chi connectivity index (χ0) is 13.9. The molecule has 2 aromatic rings. The highest BCUT2D eigenvalue weighted by Gasteiger charge is 1.58. The minimum Gasteiger partial charge on any atom is -0.199 e. The van der Waals surface area contributed by atoms with E-state index in [0.717, 1.165) is 0 Å². The SMILES string of the molecule is CC#N.CC#N.c1ccccc1.c1ccccc1. The van der Waals surface area contributed by atoms with Crippen molar-refractivity contribution in [1.29, 1.82) is 10.5 Å². The van der Waals surface area contributed by atoms with E-state index in [1.165, 1.54) is 13.8 Å². The van der Waals surface area contributed by atoms with Crippen molar-refractivity contribution < 1.29 is 0 Å². The van der Waals surface area contributed by atoms with Gasteiger partial charge in [-0.15, -0.1) is 0 Å². The lowest BCUT2D eigenvalue weighted by Crippen LogP contribution is -1.47. The zero-order valence-corrected chi connectivity index (χ0v) is 10.8. The summed E-state index contributed by atoms with van der Waals surface area (Å²) >= 11 is 0. The van der Waals surface area contributed by atoms with Crippen LogP contribution in [0.3, 0.4) is 0 Å². The highest BCUT2D eigenvalue weighted by molar-refractivity contribution is 4.99. The Balaban J connectivity index is 0. The molecule has 0 bridgehead atoms. The van der Waals surface area contributed by atoms with Gasteiger partial charge >= 0.3 is 0 Å². The third-order valence-corrected chi connectivity index (χ3v) is 1.33. The van der Waals surface area contributed by atoms with Gasteiger partial charge < -0.3 is 0 Å². The summed E-state index contributed by atoms with van der Waals surface area (Å²) in [5.74, 6) is 0. The molecule has 0 heterocycles. The van der Waals surface area contributed by atoms with E-state index in [-0.39, 0.29) is 0 Å². The van der Waals surface area contributed by atoms with Crippen LogP contribution in [-0.4, -0.2) is 0 Å². The number of hydrogen-bond acceptors (Lipinski definition) is 2. The normalized spacial score (nSPS) is 6.22. The molecule has 18 heavy (non-hydrogen) atoms. The van der Waals surface area contributed by atoms with Crippen molar-refractivity contribution in [2.45, 2.75) is 13.8 Å². The summed E-state index contributed by atoms with van der Waals surface area (Å²) in [7, 11) is 0. The van der Waals surface area contributed by atoms with Crippen LogP contribution in [0, 0.1) is 22.7 Å². The molecule has 2 aromatic carbocycles. The Morgan fingerprint density at radius 3 is 0.556 bits per heavy atom. The van der Waals surface area contributed by atoms with E-state index in [1.807, 2.05) is 72.8 Å². The molecule has 0 N–H and O–H groups in total. The van der Waals surface area contributed by atoms with Gasteiger partial charge in [0.1, 0.15) is 0 Å². The first-order valence-corrected chi connectivity index (χ1v) is 5.45. The van der Waals surface area contributed by atoms with Gasteiger partial charge in [0.05, 0.1) is 12.1 Å². The van der Waals surface area contributed by atoms with E-state index in [9.17, 15) is 0 Å². The van der Waals surface area contributed by atoms with Crippen LogP contribution >= 0.6 is 0 Å². The van der Waals surface area contributed by atoms with E-state index in [0.29, 0.717) is 0 Å². The molecule has 0 aliphatic heterocycles. The van der Waals surface area contributed by atoms with Crippen molar-refractivity contribution in [1.82, 2.24) is 0 Å². The molecular formula is C16H18N2. The minimum absolute atomic E-state index is 1.43. The van der Waals surface area contributed by atoms with E-state index >= 15 is 0 Å². The molecule has 92 valence electrons. The summed E-state index contributed by atoms with van der Waals surface area (Å²) in [5.41, 5.74) is 0. The summed E-state index contributed by atoms with van der Waals surface area (Å²) in [4.78, 5) is 0. The predicted molar refractivity (Wildman–Crippen MR) is 75.5 cm³/mol. The van der Waals surface area contributed by atoms with Gasteiger partial charge in [-0.2, -0.15) is 10.5 Å². The second kappa shape index (κ2) is 19.9. The summed E-state index contributed by atoms with van der Waals surface area (Å²) in [6.45, 7) is 2.86. The van der Waals surface area contributed by atoms with Gasteiger partial charge in [0.15, 0.2) is 0 Å². The van der Waals surface area contributed by atoms with Gasteiger partial charge in [-0.1, -0.05) is 72.8 Å². The van der Waals surface area contributed by atoms with Crippen LogP contribution < -0.4 is 0 Å². The number of nitrogens with zero attached hydrogens (tertiary/aromatic N) is 2. The number of nitriles is 2. The van der Waals surface area contributed by atoms with Crippen LogP contribution in [0.2, 0.25) is 0 Å². The predicted octanol–water partition coefficient (Wildman–Crippen LogP) is 4.43. The third kappa shape index (κ3) is 23.3. The van der Waals surface area contributed by atoms with Gasteiger partial charge in [-0.05, 0) is 0 Å². The molecule has 2 rings (SSSR count). The molecule has 0 atom stereocenters. The first-order chi connectivity index (χ1) is 8.83. The molecule has 0 radical (unpaired) electrons. The Morgan fingerprint density at radius 2 is 0.500 bits per heavy atom. The van der Waals surface area contributed by atoms with Crippen LogP contribution in [0.4, 0.5) is 0 Å². The van der Waals surface area contributed by atoms with Gasteiger partial charge in [0.25, 0.3) is 0 Å². The van der Waals surface area contributed by atoms with Crippen LogP contribution in [-0.2, 0) is 0 Å². The smallest absolute Gasteiger partial charge is 0.0587 e. The van der Waals surface area contributed by atoms with Crippen LogP contribution in [0.15, 0.2) is 72.8 Å². The molecule has 0 saturated carbocycles. The lowest BCUT2D eigenvalue weighted by atomic mass is 10.4. The molecule has 2 heteroatoms. The van der Waals surface area contributed by atoms with Crippen molar-refractivity contribution >= 4 is 0 Å². The maximum Gasteiger partial charge on any atom is 0.0587 e. The zero-order valence-electron chi connectivity index (χ0n) is 10.8. The largest absolute Gasteiger partial charge is 0.199 e. The molecule has 0 aromatic heterocycles. The fourth-order valence-electron chi connectivity index (χ4n) is 0.770. The Kier molecular flexibility index (Phi) is 19.7. The second-order valence-corrected chi connectivity index (χ2v) is 2.76. The lowest BCUT2D eigenvalue weighted by molar-refractivity contribution is 1.49. The van der Waals surface area contributed by atoms with Gasteiger partial charge in [0.2, 0.25) is 0 Å². The fourth-order valence-corrected chi connectivity index (χ4v) is 0.770. The molecule has 2 nitrogen and oxygen atoms in total. The standard InChI is InChI=1S/2C6H6.2C2H3N/c2*1-2-4-6-5-3-1;2*1-2-3/h2*1-6H;2*1H3. The maximum absolute atomic E-state index is 7.32. The van der Waals surface area contributed by atoms with Crippen molar-refractivity contribution in [2.75, 3.05) is 0 Å². The Hall–Kier alpha value is -2.58. The van der Waals surface area contributed by atoms with E-state index in [2.05, 4.69) is 0 Å². The quantitative estimate of drug-likeness (QED) is 0.681. The average Bonchev–Trinajstić information content (AvgIpc) is 2.45.